The quantitative estimate of drug-likeness (QED) is 0.456. The minimum Gasteiger partial charge on any atom is -0.497 e. The Morgan fingerprint density at radius 1 is 0.893 bits per heavy atom. The van der Waals surface area contributed by atoms with E-state index < -0.39 is 11.6 Å². The number of nitrogens with zero attached hydrogens (tertiary/aromatic N) is 2. The van der Waals surface area contributed by atoms with Crippen LogP contribution < -0.4 is 4.74 Å². The smallest absolute Gasteiger partial charge is 0.140 e. The molecule has 0 aliphatic carbocycles. The second-order valence-electron chi connectivity index (χ2n) is 6.36. The highest BCUT2D eigenvalue weighted by Gasteiger charge is 2.16. The molecule has 4 rings (SSSR count). The lowest BCUT2D eigenvalue weighted by atomic mass is 9.98. The van der Waals surface area contributed by atoms with Gasteiger partial charge in [0.15, 0.2) is 0 Å². The Balaban J connectivity index is 1.84. The van der Waals surface area contributed by atoms with Crippen LogP contribution in [-0.4, -0.2) is 16.7 Å². The normalized spacial score (nSPS) is 10.8. The molecular formula is C23H18F2N2O. The van der Waals surface area contributed by atoms with E-state index in [1.807, 2.05) is 48.5 Å². The summed E-state index contributed by atoms with van der Waals surface area (Å²) < 4.78 is 35.4. The molecule has 3 aromatic carbocycles. The van der Waals surface area contributed by atoms with Gasteiger partial charge in [-0.15, -0.1) is 0 Å². The largest absolute Gasteiger partial charge is 0.497 e. The molecule has 1 aromatic heterocycles. The summed E-state index contributed by atoms with van der Waals surface area (Å²) in [5.74, 6) is 0.142. The fourth-order valence-corrected chi connectivity index (χ4v) is 3.24. The van der Waals surface area contributed by atoms with Crippen LogP contribution in [0.4, 0.5) is 8.78 Å². The van der Waals surface area contributed by atoms with Crippen LogP contribution in [-0.2, 0) is 6.54 Å². The standard InChI is InChI=1S/C23H18F2N2O/c1-28-17-10-11-18(16-6-3-2-4-7-16)19(14-17)23-26-12-13-27(23)15-20-21(24)8-5-9-22(20)25/h2-14H,15H2,1H3. The summed E-state index contributed by atoms with van der Waals surface area (Å²) in [5.41, 5.74) is 2.81. The van der Waals surface area contributed by atoms with E-state index >= 15 is 0 Å². The monoisotopic (exact) mass is 376 g/mol. The van der Waals surface area contributed by atoms with E-state index in [-0.39, 0.29) is 12.1 Å². The van der Waals surface area contributed by atoms with Crippen LogP contribution >= 0.6 is 0 Å². The third-order valence-electron chi connectivity index (χ3n) is 4.66. The molecule has 0 fully saturated rings. The first-order valence-electron chi connectivity index (χ1n) is 8.85. The summed E-state index contributed by atoms with van der Waals surface area (Å²) in [4.78, 5) is 4.47. The number of imidazole rings is 1. The Hall–Kier alpha value is -3.47. The van der Waals surface area contributed by atoms with Crippen molar-refractivity contribution >= 4 is 0 Å². The molecular weight excluding hydrogens is 358 g/mol. The lowest BCUT2D eigenvalue weighted by molar-refractivity contribution is 0.415. The van der Waals surface area contributed by atoms with Crippen LogP contribution in [0.3, 0.4) is 0 Å². The zero-order valence-electron chi connectivity index (χ0n) is 15.3. The first kappa shape index (κ1) is 17.9. The minimum absolute atomic E-state index is 0.00547. The van der Waals surface area contributed by atoms with E-state index in [0.717, 1.165) is 16.7 Å². The predicted molar refractivity (Wildman–Crippen MR) is 105 cm³/mol. The highest BCUT2D eigenvalue weighted by atomic mass is 19.1. The van der Waals surface area contributed by atoms with Gasteiger partial charge in [-0.25, -0.2) is 13.8 Å². The second-order valence-corrected chi connectivity index (χ2v) is 6.36. The lowest BCUT2D eigenvalue weighted by Gasteiger charge is -2.14. The Bertz CT molecular complexity index is 1090. The number of hydrogen-bond donors (Lipinski definition) is 0. The van der Waals surface area contributed by atoms with Crippen molar-refractivity contribution in [3.63, 3.8) is 0 Å². The number of aromatic nitrogens is 2. The average Bonchev–Trinajstić information content (AvgIpc) is 3.19. The zero-order chi connectivity index (χ0) is 19.5. The van der Waals surface area contributed by atoms with Crippen molar-refractivity contribution < 1.29 is 13.5 Å². The van der Waals surface area contributed by atoms with Crippen LogP contribution in [0.2, 0.25) is 0 Å². The van der Waals surface area contributed by atoms with Crippen molar-refractivity contribution in [2.24, 2.45) is 0 Å². The van der Waals surface area contributed by atoms with Crippen molar-refractivity contribution in [3.05, 3.63) is 96.3 Å². The van der Waals surface area contributed by atoms with Crippen molar-refractivity contribution in [2.75, 3.05) is 7.11 Å². The first-order valence-corrected chi connectivity index (χ1v) is 8.85. The van der Waals surface area contributed by atoms with Crippen molar-refractivity contribution in [2.45, 2.75) is 6.54 Å². The fraction of sp³-hybridized carbons (Fsp3) is 0.0870. The van der Waals surface area contributed by atoms with E-state index in [9.17, 15) is 8.78 Å². The van der Waals surface area contributed by atoms with Crippen LogP contribution in [0.1, 0.15) is 5.56 Å². The molecule has 0 radical (unpaired) electrons. The van der Waals surface area contributed by atoms with Gasteiger partial charge in [-0.05, 0) is 41.5 Å². The van der Waals surface area contributed by atoms with Crippen LogP contribution in [0.15, 0.2) is 79.1 Å². The maximum atomic E-state index is 14.1. The molecule has 0 atom stereocenters. The summed E-state index contributed by atoms with van der Waals surface area (Å²) in [6.07, 6.45) is 3.35. The number of halogens is 2. The molecule has 4 aromatic rings. The van der Waals surface area contributed by atoms with E-state index in [4.69, 9.17) is 4.74 Å². The van der Waals surface area contributed by atoms with Crippen LogP contribution in [0.5, 0.6) is 5.75 Å². The highest BCUT2D eigenvalue weighted by molar-refractivity contribution is 5.81. The molecule has 1 heterocycles. The van der Waals surface area contributed by atoms with Crippen molar-refractivity contribution in [3.8, 4) is 28.3 Å². The maximum absolute atomic E-state index is 14.1. The fourth-order valence-electron chi connectivity index (χ4n) is 3.24. The number of rotatable bonds is 5. The molecule has 0 unspecified atom stereocenters. The number of benzene rings is 3. The van der Waals surface area contributed by atoms with Crippen molar-refractivity contribution in [1.29, 1.82) is 0 Å². The summed E-state index contributed by atoms with van der Waals surface area (Å²) >= 11 is 0. The summed E-state index contributed by atoms with van der Waals surface area (Å²) in [5, 5.41) is 0. The van der Waals surface area contributed by atoms with Gasteiger partial charge in [-0.1, -0.05) is 36.4 Å². The van der Waals surface area contributed by atoms with Gasteiger partial charge in [0.05, 0.1) is 13.7 Å². The second kappa shape index (κ2) is 7.64. The van der Waals surface area contributed by atoms with Gasteiger partial charge < -0.3 is 9.30 Å². The molecule has 0 bridgehead atoms. The third-order valence-corrected chi connectivity index (χ3v) is 4.66. The van der Waals surface area contributed by atoms with E-state index in [2.05, 4.69) is 4.98 Å². The number of hydrogen-bond acceptors (Lipinski definition) is 2. The molecule has 0 N–H and O–H groups in total. The number of methoxy groups -OCH3 is 1. The Morgan fingerprint density at radius 2 is 1.64 bits per heavy atom. The SMILES string of the molecule is COc1ccc(-c2ccccc2)c(-c2nccn2Cc2c(F)cccc2F)c1. The van der Waals surface area contributed by atoms with Crippen LogP contribution in [0, 0.1) is 11.6 Å². The Kier molecular flexibility index (Phi) is 4.89. The summed E-state index contributed by atoms with van der Waals surface area (Å²) in [7, 11) is 1.60. The summed E-state index contributed by atoms with van der Waals surface area (Å²) in [6.45, 7) is 0.0410. The van der Waals surface area contributed by atoms with Gasteiger partial charge in [0, 0.05) is 23.5 Å². The molecule has 0 saturated carbocycles. The molecule has 5 heteroatoms. The molecule has 0 aliphatic heterocycles. The highest BCUT2D eigenvalue weighted by Crippen LogP contribution is 2.34. The van der Waals surface area contributed by atoms with Gasteiger partial charge in [0.25, 0.3) is 0 Å². The van der Waals surface area contributed by atoms with E-state index in [0.29, 0.717) is 11.6 Å². The van der Waals surface area contributed by atoms with Gasteiger partial charge in [-0.3, -0.25) is 0 Å². The maximum Gasteiger partial charge on any atom is 0.140 e. The van der Waals surface area contributed by atoms with Crippen molar-refractivity contribution in [1.82, 2.24) is 9.55 Å². The predicted octanol–water partition coefficient (Wildman–Crippen LogP) is 5.55. The first-order chi connectivity index (χ1) is 13.7. The molecule has 0 spiro atoms. The molecule has 28 heavy (non-hydrogen) atoms. The average molecular weight is 376 g/mol. The molecule has 0 saturated heterocycles. The van der Waals surface area contributed by atoms with Gasteiger partial charge in [-0.2, -0.15) is 0 Å². The van der Waals surface area contributed by atoms with Crippen LogP contribution in [0.25, 0.3) is 22.5 Å². The van der Waals surface area contributed by atoms with E-state index in [1.165, 1.54) is 18.2 Å². The Labute approximate surface area is 161 Å². The topological polar surface area (TPSA) is 27.1 Å². The van der Waals surface area contributed by atoms with Gasteiger partial charge >= 0.3 is 0 Å². The molecule has 140 valence electrons. The Morgan fingerprint density at radius 3 is 2.36 bits per heavy atom. The zero-order valence-corrected chi connectivity index (χ0v) is 15.3. The van der Waals surface area contributed by atoms with Gasteiger partial charge in [0.2, 0.25) is 0 Å². The van der Waals surface area contributed by atoms with E-state index in [1.54, 1.807) is 24.1 Å². The molecule has 0 aliphatic rings. The third kappa shape index (κ3) is 3.39. The summed E-state index contributed by atoms with van der Waals surface area (Å²) in [6, 6.07) is 19.5. The molecule has 0 amide bonds. The lowest BCUT2D eigenvalue weighted by Crippen LogP contribution is -2.06. The number of ether oxygens (including phenoxy) is 1. The van der Waals surface area contributed by atoms with Gasteiger partial charge in [0.1, 0.15) is 23.2 Å². The minimum atomic E-state index is -0.575. The molecule has 3 nitrogen and oxygen atoms in total.